The maximum absolute atomic E-state index is 5.50. The summed E-state index contributed by atoms with van der Waals surface area (Å²) >= 11 is 1.72. The monoisotopic (exact) mass is 285 g/mol. The molecule has 0 spiro atoms. The molecular formula is C15H15N3OS. The van der Waals surface area contributed by atoms with E-state index in [0.717, 1.165) is 43.2 Å². The first kappa shape index (κ1) is 12.1. The Balaban J connectivity index is 1.84. The fraction of sp³-hybridized carbons (Fsp3) is 0.333. The van der Waals surface area contributed by atoms with Gasteiger partial charge < -0.3 is 9.30 Å². The van der Waals surface area contributed by atoms with Gasteiger partial charge in [0.1, 0.15) is 5.52 Å². The summed E-state index contributed by atoms with van der Waals surface area (Å²) in [5.74, 6) is 1.59. The van der Waals surface area contributed by atoms with E-state index in [2.05, 4.69) is 27.1 Å². The molecule has 4 heterocycles. The Morgan fingerprint density at radius 2 is 2.35 bits per heavy atom. The number of fused-ring (bicyclic) bond motifs is 1. The Hall–Kier alpha value is -1.72. The van der Waals surface area contributed by atoms with Gasteiger partial charge in [-0.1, -0.05) is 6.07 Å². The molecule has 0 saturated carbocycles. The van der Waals surface area contributed by atoms with Crippen LogP contribution in [0.1, 0.15) is 6.42 Å². The number of aromatic nitrogens is 3. The lowest BCUT2D eigenvalue weighted by molar-refractivity contribution is 0.183. The fourth-order valence-corrected chi connectivity index (χ4v) is 3.43. The minimum Gasteiger partial charge on any atom is -0.381 e. The molecule has 0 radical (unpaired) electrons. The molecule has 0 amide bonds. The first-order chi connectivity index (χ1) is 9.92. The van der Waals surface area contributed by atoms with Gasteiger partial charge in [-0.05, 0) is 30.0 Å². The third kappa shape index (κ3) is 2.03. The summed E-state index contributed by atoms with van der Waals surface area (Å²) < 4.78 is 7.75. The lowest BCUT2D eigenvalue weighted by Gasteiger charge is -2.11. The molecule has 3 aromatic heterocycles. The summed E-state index contributed by atoms with van der Waals surface area (Å²) in [7, 11) is 0. The van der Waals surface area contributed by atoms with E-state index in [-0.39, 0.29) is 0 Å². The van der Waals surface area contributed by atoms with Crippen molar-refractivity contribution in [2.75, 3.05) is 13.2 Å². The van der Waals surface area contributed by atoms with Gasteiger partial charge in [0.15, 0.2) is 11.5 Å². The summed E-state index contributed by atoms with van der Waals surface area (Å²) in [4.78, 5) is 10.5. The van der Waals surface area contributed by atoms with Gasteiger partial charge >= 0.3 is 0 Å². The zero-order valence-corrected chi connectivity index (χ0v) is 11.8. The summed E-state index contributed by atoms with van der Waals surface area (Å²) in [5, 5.41) is 2.09. The standard InChI is InChI=1S/C15H15N3OS/c1-3-12-14(16-6-1)18(9-11-5-7-19-10-11)15(17-12)13-4-2-8-20-13/h1-4,6,8,11H,5,7,9-10H2. The van der Waals surface area contributed by atoms with Gasteiger partial charge in [-0.15, -0.1) is 11.3 Å². The second kappa shape index (κ2) is 5.00. The number of pyridine rings is 1. The molecule has 102 valence electrons. The van der Waals surface area contributed by atoms with Crippen molar-refractivity contribution < 1.29 is 4.74 Å². The highest BCUT2D eigenvalue weighted by atomic mass is 32.1. The number of ether oxygens (including phenoxy) is 1. The topological polar surface area (TPSA) is 39.9 Å². The molecule has 1 aliphatic rings. The van der Waals surface area contributed by atoms with Crippen LogP contribution in [0.4, 0.5) is 0 Å². The van der Waals surface area contributed by atoms with Crippen molar-refractivity contribution in [2.45, 2.75) is 13.0 Å². The fourth-order valence-electron chi connectivity index (χ4n) is 2.71. The predicted octanol–water partition coefficient (Wildman–Crippen LogP) is 3.20. The van der Waals surface area contributed by atoms with Gasteiger partial charge in [0.25, 0.3) is 0 Å². The van der Waals surface area contributed by atoms with Gasteiger partial charge in [0.2, 0.25) is 0 Å². The van der Waals surface area contributed by atoms with Crippen molar-refractivity contribution in [3.63, 3.8) is 0 Å². The number of hydrogen-bond donors (Lipinski definition) is 0. The highest BCUT2D eigenvalue weighted by molar-refractivity contribution is 7.13. The van der Waals surface area contributed by atoms with E-state index in [1.54, 1.807) is 11.3 Å². The number of thiophene rings is 1. The quantitative estimate of drug-likeness (QED) is 0.742. The summed E-state index contributed by atoms with van der Waals surface area (Å²) in [6.07, 6.45) is 2.96. The van der Waals surface area contributed by atoms with Gasteiger partial charge in [0.05, 0.1) is 11.5 Å². The van der Waals surface area contributed by atoms with E-state index in [9.17, 15) is 0 Å². The zero-order chi connectivity index (χ0) is 13.4. The van der Waals surface area contributed by atoms with Crippen LogP contribution < -0.4 is 0 Å². The van der Waals surface area contributed by atoms with Gasteiger partial charge in [-0.2, -0.15) is 0 Å². The molecule has 20 heavy (non-hydrogen) atoms. The second-order valence-corrected chi connectivity index (χ2v) is 6.05. The average molecular weight is 285 g/mol. The molecular weight excluding hydrogens is 270 g/mol. The van der Waals surface area contributed by atoms with Crippen molar-refractivity contribution in [3.8, 4) is 10.7 Å². The summed E-state index contributed by atoms with van der Waals surface area (Å²) in [6, 6.07) is 8.15. The van der Waals surface area contributed by atoms with E-state index in [0.29, 0.717) is 5.92 Å². The largest absolute Gasteiger partial charge is 0.381 e. The van der Waals surface area contributed by atoms with Gasteiger partial charge in [-0.25, -0.2) is 9.97 Å². The molecule has 1 fully saturated rings. The number of rotatable bonds is 3. The van der Waals surface area contributed by atoms with Crippen LogP contribution in [-0.4, -0.2) is 27.7 Å². The Kier molecular flexibility index (Phi) is 3.01. The van der Waals surface area contributed by atoms with Crippen LogP contribution in [0.5, 0.6) is 0 Å². The number of nitrogens with zero attached hydrogens (tertiary/aromatic N) is 3. The van der Waals surface area contributed by atoms with Crippen molar-refractivity contribution in [3.05, 3.63) is 35.8 Å². The SMILES string of the molecule is c1csc(-c2nc3cccnc3n2CC2CCOC2)c1. The molecule has 0 N–H and O–H groups in total. The van der Waals surface area contributed by atoms with Crippen LogP contribution in [0.25, 0.3) is 21.9 Å². The smallest absolute Gasteiger partial charge is 0.160 e. The first-order valence-electron chi connectivity index (χ1n) is 6.85. The zero-order valence-electron chi connectivity index (χ0n) is 11.0. The lowest BCUT2D eigenvalue weighted by atomic mass is 10.1. The Morgan fingerprint density at radius 1 is 1.35 bits per heavy atom. The van der Waals surface area contributed by atoms with E-state index in [1.165, 1.54) is 4.88 Å². The van der Waals surface area contributed by atoms with Crippen LogP contribution in [-0.2, 0) is 11.3 Å². The molecule has 1 atom stereocenters. The normalized spacial score (nSPS) is 18.9. The average Bonchev–Trinajstić information content (AvgIpc) is 3.19. The summed E-state index contributed by atoms with van der Waals surface area (Å²) in [5.41, 5.74) is 1.94. The molecule has 3 aromatic rings. The van der Waals surface area contributed by atoms with Crippen molar-refractivity contribution >= 4 is 22.5 Å². The molecule has 1 unspecified atom stereocenters. The molecule has 0 aliphatic carbocycles. The molecule has 0 bridgehead atoms. The third-order valence-electron chi connectivity index (χ3n) is 3.71. The first-order valence-corrected chi connectivity index (χ1v) is 7.72. The second-order valence-electron chi connectivity index (χ2n) is 5.10. The van der Waals surface area contributed by atoms with E-state index in [1.807, 2.05) is 18.3 Å². The van der Waals surface area contributed by atoms with Crippen LogP contribution in [0.15, 0.2) is 35.8 Å². The highest BCUT2D eigenvalue weighted by Crippen LogP contribution is 2.29. The molecule has 4 rings (SSSR count). The lowest BCUT2D eigenvalue weighted by Crippen LogP contribution is -2.12. The van der Waals surface area contributed by atoms with Crippen LogP contribution >= 0.6 is 11.3 Å². The van der Waals surface area contributed by atoms with Crippen LogP contribution in [0.2, 0.25) is 0 Å². The van der Waals surface area contributed by atoms with Crippen LogP contribution in [0, 0.1) is 5.92 Å². The third-order valence-corrected chi connectivity index (χ3v) is 4.58. The van der Waals surface area contributed by atoms with Crippen molar-refractivity contribution in [2.24, 2.45) is 5.92 Å². The molecule has 5 heteroatoms. The van der Waals surface area contributed by atoms with Crippen LogP contribution in [0.3, 0.4) is 0 Å². The van der Waals surface area contributed by atoms with E-state index < -0.39 is 0 Å². The Morgan fingerprint density at radius 3 is 3.15 bits per heavy atom. The van der Waals surface area contributed by atoms with E-state index in [4.69, 9.17) is 9.72 Å². The minimum absolute atomic E-state index is 0.563. The Labute approximate surface area is 121 Å². The van der Waals surface area contributed by atoms with Crippen molar-refractivity contribution in [1.29, 1.82) is 0 Å². The number of hydrogen-bond acceptors (Lipinski definition) is 4. The summed E-state index contributed by atoms with van der Waals surface area (Å²) in [6.45, 7) is 2.65. The maximum atomic E-state index is 5.50. The molecule has 1 aliphatic heterocycles. The number of imidazole rings is 1. The molecule has 0 aromatic carbocycles. The maximum Gasteiger partial charge on any atom is 0.160 e. The van der Waals surface area contributed by atoms with E-state index >= 15 is 0 Å². The Bertz CT molecular complexity index is 714. The van der Waals surface area contributed by atoms with Gasteiger partial charge in [-0.3, -0.25) is 0 Å². The van der Waals surface area contributed by atoms with Crippen molar-refractivity contribution in [1.82, 2.24) is 14.5 Å². The highest BCUT2D eigenvalue weighted by Gasteiger charge is 2.21. The minimum atomic E-state index is 0.563. The molecule has 4 nitrogen and oxygen atoms in total. The molecule has 1 saturated heterocycles. The van der Waals surface area contributed by atoms with Gasteiger partial charge in [0, 0.05) is 25.3 Å². The predicted molar refractivity (Wildman–Crippen MR) is 79.8 cm³/mol.